The highest BCUT2D eigenvalue weighted by molar-refractivity contribution is 6.28. The lowest BCUT2D eigenvalue weighted by atomic mass is 9.80. The number of likely N-dealkylation sites (tertiary alicyclic amines) is 1. The fraction of sp³-hybridized carbons (Fsp3) is 0.786. The Balaban J connectivity index is 1.94. The van der Waals surface area contributed by atoms with Crippen LogP contribution in [0.15, 0.2) is 0 Å². The van der Waals surface area contributed by atoms with Gasteiger partial charge in [0.15, 0.2) is 0 Å². The van der Waals surface area contributed by atoms with Gasteiger partial charge in [-0.2, -0.15) is 15.0 Å². The number of aromatic nitrogens is 3. The Hall–Kier alpha value is -1.14. The molecule has 2 N–H and O–H groups in total. The van der Waals surface area contributed by atoms with Crippen LogP contribution in [0, 0.1) is 5.41 Å². The molecule has 0 aliphatic carbocycles. The summed E-state index contributed by atoms with van der Waals surface area (Å²) in [6.45, 7) is 8.36. The molecular weight excluding hydrogens is 288 g/mol. The molecule has 0 amide bonds. The summed E-state index contributed by atoms with van der Waals surface area (Å²) >= 11 is 5.96. The van der Waals surface area contributed by atoms with Gasteiger partial charge < -0.3 is 15.5 Å². The second kappa shape index (κ2) is 7.22. The van der Waals surface area contributed by atoms with Crippen LogP contribution in [0.3, 0.4) is 0 Å². The monoisotopic (exact) mass is 312 g/mol. The van der Waals surface area contributed by atoms with E-state index in [0.717, 1.165) is 32.6 Å². The Bertz CT molecular complexity index is 459. The number of anilines is 2. The summed E-state index contributed by atoms with van der Waals surface area (Å²) in [5, 5.41) is 6.68. The molecule has 2 rings (SSSR count). The Morgan fingerprint density at radius 1 is 1.14 bits per heavy atom. The SMILES string of the molecule is CCCNc1nc(Cl)nc(NCC2(C)CCN(C)CC2)n1. The zero-order valence-corrected chi connectivity index (χ0v) is 13.9. The first kappa shape index (κ1) is 16.2. The number of hydrogen-bond acceptors (Lipinski definition) is 6. The lowest BCUT2D eigenvalue weighted by Crippen LogP contribution is -2.40. The average molecular weight is 313 g/mol. The molecule has 0 bridgehead atoms. The molecule has 1 aliphatic heterocycles. The van der Waals surface area contributed by atoms with Crippen molar-refractivity contribution in [2.75, 3.05) is 43.9 Å². The largest absolute Gasteiger partial charge is 0.354 e. The van der Waals surface area contributed by atoms with E-state index in [9.17, 15) is 0 Å². The molecule has 0 spiro atoms. The maximum atomic E-state index is 5.96. The molecular formula is C14H25ClN6. The van der Waals surface area contributed by atoms with Gasteiger partial charge in [0.05, 0.1) is 0 Å². The van der Waals surface area contributed by atoms with Crippen molar-refractivity contribution in [3.05, 3.63) is 5.28 Å². The van der Waals surface area contributed by atoms with E-state index in [2.05, 4.69) is 51.4 Å². The molecule has 7 heteroatoms. The van der Waals surface area contributed by atoms with Crippen LogP contribution < -0.4 is 10.6 Å². The number of piperidine rings is 1. The molecule has 0 aromatic carbocycles. The first-order chi connectivity index (χ1) is 10.0. The quantitative estimate of drug-likeness (QED) is 0.841. The average Bonchev–Trinajstić information content (AvgIpc) is 2.46. The standard InChI is InChI=1S/C14H25ClN6/c1-4-7-16-12-18-11(15)19-13(20-12)17-10-14(2)5-8-21(3)9-6-14/h4-10H2,1-3H3,(H2,16,17,18,19,20). The smallest absolute Gasteiger partial charge is 0.228 e. The molecule has 0 unspecified atom stereocenters. The van der Waals surface area contributed by atoms with Crippen LogP contribution in [-0.4, -0.2) is 53.1 Å². The van der Waals surface area contributed by atoms with Gasteiger partial charge in [0, 0.05) is 13.1 Å². The van der Waals surface area contributed by atoms with E-state index >= 15 is 0 Å². The number of rotatable bonds is 6. The highest BCUT2D eigenvalue weighted by atomic mass is 35.5. The molecule has 2 heterocycles. The van der Waals surface area contributed by atoms with Crippen molar-refractivity contribution < 1.29 is 0 Å². The second-order valence-electron chi connectivity index (χ2n) is 6.15. The summed E-state index contributed by atoms with van der Waals surface area (Å²) in [6, 6.07) is 0. The molecule has 1 aliphatic rings. The minimum atomic E-state index is 0.222. The predicted octanol–water partition coefficient (Wildman–Crippen LogP) is 2.49. The third-order valence-corrected chi connectivity index (χ3v) is 4.18. The van der Waals surface area contributed by atoms with Crippen LogP contribution in [0.25, 0.3) is 0 Å². The minimum absolute atomic E-state index is 0.222. The fourth-order valence-electron chi connectivity index (χ4n) is 2.37. The summed E-state index contributed by atoms with van der Waals surface area (Å²) in [5.74, 6) is 1.08. The number of nitrogens with one attached hydrogen (secondary N) is 2. The maximum Gasteiger partial charge on any atom is 0.228 e. The van der Waals surface area contributed by atoms with Gasteiger partial charge in [-0.1, -0.05) is 13.8 Å². The number of halogens is 1. The fourth-order valence-corrected chi connectivity index (χ4v) is 2.53. The zero-order valence-electron chi connectivity index (χ0n) is 13.1. The van der Waals surface area contributed by atoms with Crippen LogP contribution >= 0.6 is 11.6 Å². The first-order valence-corrected chi connectivity index (χ1v) is 7.96. The van der Waals surface area contributed by atoms with Gasteiger partial charge >= 0.3 is 0 Å². The van der Waals surface area contributed by atoms with Gasteiger partial charge in [-0.3, -0.25) is 0 Å². The molecule has 1 aromatic rings. The Labute approximate surface area is 131 Å². The van der Waals surface area contributed by atoms with E-state index in [1.165, 1.54) is 12.8 Å². The van der Waals surface area contributed by atoms with E-state index in [0.29, 0.717) is 11.9 Å². The van der Waals surface area contributed by atoms with Gasteiger partial charge in [0.25, 0.3) is 0 Å². The lowest BCUT2D eigenvalue weighted by molar-refractivity contribution is 0.150. The van der Waals surface area contributed by atoms with E-state index in [-0.39, 0.29) is 10.7 Å². The van der Waals surface area contributed by atoms with Gasteiger partial charge in [-0.05, 0) is 56.4 Å². The Morgan fingerprint density at radius 3 is 2.38 bits per heavy atom. The van der Waals surface area contributed by atoms with Crippen LogP contribution in [0.2, 0.25) is 5.28 Å². The Morgan fingerprint density at radius 2 is 1.76 bits per heavy atom. The van der Waals surface area contributed by atoms with Crippen molar-refractivity contribution in [3.63, 3.8) is 0 Å². The van der Waals surface area contributed by atoms with Gasteiger partial charge in [0.1, 0.15) is 0 Å². The molecule has 21 heavy (non-hydrogen) atoms. The van der Waals surface area contributed by atoms with Crippen molar-refractivity contribution in [2.24, 2.45) is 5.41 Å². The van der Waals surface area contributed by atoms with E-state index in [1.54, 1.807) is 0 Å². The van der Waals surface area contributed by atoms with Crippen LogP contribution in [0.4, 0.5) is 11.9 Å². The first-order valence-electron chi connectivity index (χ1n) is 7.59. The summed E-state index contributed by atoms with van der Waals surface area (Å²) in [7, 11) is 2.17. The minimum Gasteiger partial charge on any atom is -0.354 e. The predicted molar refractivity (Wildman–Crippen MR) is 86.9 cm³/mol. The summed E-state index contributed by atoms with van der Waals surface area (Å²) in [4.78, 5) is 15.0. The molecule has 0 radical (unpaired) electrons. The summed E-state index contributed by atoms with van der Waals surface area (Å²) < 4.78 is 0. The van der Waals surface area contributed by atoms with E-state index < -0.39 is 0 Å². The summed E-state index contributed by atoms with van der Waals surface area (Å²) in [5.41, 5.74) is 0.280. The topological polar surface area (TPSA) is 66.0 Å². The highest BCUT2D eigenvalue weighted by Crippen LogP contribution is 2.30. The van der Waals surface area contributed by atoms with Crippen molar-refractivity contribution in [3.8, 4) is 0 Å². The van der Waals surface area contributed by atoms with Crippen molar-refractivity contribution in [1.82, 2.24) is 19.9 Å². The van der Waals surface area contributed by atoms with Crippen LogP contribution in [0.1, 0.15) is 33.1 Å². The van der Waals surface area contributed by atoms with Crippen LogP contribution in [0.5, 0.6) is 0 Å². The van der Waals surface area contributed by atoms with E-state index in [1.807, 2.05) is 0 Å². The van der Waals surface area contributed by atoms with Gasteiger partial charge in [-0.15, -0.1) is 0 Å². The molecule has 6 nitrogen and oxygen atoms in total. The van der Waals surface area contributed by atoms with Crippen molar-refractivity contribution >= 4 is 23.5 Å². The van der Waals surface area contributed by atoms with Crippen LogP contribution in [-0.2, 0) is 0 Å². The molecule has 1 fully saturated rings. The number of hydrogen-bond donors (Lipinski definition) is 2. The normalized spacial score (nSPS) is 18.5. The zero-order chi connectivity index (χ0) is 15.3. The molecule has 118 valence electrons. The molecule has 0 saturated carbocycles. The number of nitrogens with zero attached hydrogens (tertiary/aromatic N) is 4. The van der Waals surface area contributed by atoms with E-state index in [4.69, 9.17) is 11.6 Å². The van der Waals surface area contributed by atoms with Crippen molar-refractivity contribution in [1.29, 1.82) is 0 Å². The van der Waals surface area contributed by atoms with Gasteiger partial charge in [0.2, 0.25) is 17.2 Å². The lowest BCUT2D eigenvalue weighted by Gasteiger charge is -2.37. The third kappa shape index (κ3) is 4.97. The summed E-state index contributed by atoms with van der Waals surface area (Å²) in [6.07, 6.45) is 3.37. The molecule has 1 saturated heterocycles. The molecule has 0 atom stereocenters. The third-order valence-electron chi connectivity index (χ3n) is 4.01. The second-order valence-corrected chi connectivity index (χ2v) is 6.48. The molecule has 1 aromatic heterocycles. The maximum absolute atomic E-state index is 5.96. The van der Waals surface area contributed by atoms with Gasteiger partial charge in [-0.25, -0.2) is 0 Å². The van der Waals surface area contributed by atoms with Crippen molar-refractivity contribution in [2.45, 2.75) is 33.1 Å². The highest BCUT2D eigenvalue weighted by Gasteiger charge is 2.28. The Kier molecular flexibility index (Phi) is 5.58.